The average molecular weight is 336 g/mol. The molecule has 6 nitrogen and oxygen atoms in total. The van der Waals surface area contributed by atoms with Gasteiger partial charge in [-0.15, -0.1) is 0 Å². The van der Waals surface area contributed by atoms with Crippen molar-refractivity contribution in [2.24, 2.45) is 0 Å². The summed E-state index contributed by atoms with van der Waals surface area (Å²) in [6.07, 6.45) is 5.13. The molecule has 0 aliphatic rings. The zero-order valence-electron chi connectivity index (χ0n) is 13.8. The predicted molar refractivity (Wildman–Crippen MR) is 100 cm³/mol. The molecule has 2 radical (unpaired) electrons. The summed E-state index contributed by atoms with van der Waals surface area (Å²) in [5.41, 5.74) is 4.40. The lowest BCUT2D eigenvalue weighted by molar-refractivity contribution is 0.925. The lowest BCUT2D eigenvalue weighted by Crippen LogP contribution is -2.09. The maximum absolute atomic E-state index is 8.96. The highest BCUT2D eigenvalue weighted by Crippen LogP contribution is 2.22. The number of nitrogens with zero attached hydrogens (tertiary/aromatic N) is 5. The normalized spacial score (nSPS) is 10.6. The van der Waals surface area contributed by atoms with Crippen LogP contribution < -0.4 is 10.8 Å². The summed E-state index contributed by atoms with van der Waals surface area (Å²) in [6.45, 7) is 0.597. The minimum absolute atomic E-state index is 0.505. The number of hydrogen-bond acceptors (Lipinski definition) is 5. The first-order valence-electron chi connectivity index (χ1n) is 8.02. The summed E-state index contributed by atoms with van der Waals surface area (Å²) < 4.78 is 1.68. The van der Waals surface area contributed by atoms with Crippen molar-refractivity contribution in [2.45, 2.75) is 6.54 Å². The highest BCUT2D eigenvalue weighted by atomic mass is 15.3. The molecule has 0 atom stereocenters. The quantitative estimate of drug-likeness (QED) is 0.577. The molecule has 1 N–H and O–H groups in total. The molecule has 4 aromatic rings. The average Bonchev–Trinajstić information content (AvgIpc) is 3.08. The minimum Gasteiger partial charge on any atom is -0.366 e. The Labute approximate surface area is 151 Å². The monoisotopic (exact) mass is 336 g/mol. The Morgan fingerprint density at radius 3 is 2.73 bits per heavy atom. The highest BCUT2D eigenvalue weighted by Gasteiger charge is 2.10. The molecule has 0 fully saturated rings. The van der Waals surface area contributed by atoms with Gasteiger partial charge in [0.05, 0.1) is 17.3 Å². The molecule has 1 aromatic carbocycles. The Morgan fingerprint density at radius 1 is 1.15 bits per heavy atom. The molecule has 122 valence electrons. The van der Waals surface area contributed by atoms with E-state index < -0.39 is 0 Å². The number of rotatable bonds is 4. The van der Waals surface area contributed by atoms with E-state index >= 15 is 0 Å². The van der Waals surface area contributed by atoms with Crippen molar-refractivity contribution < 1.29 is 0 Å². The maximum atomic E-state index is 8.96. The summed E-state index contributed by atoms with van der Waals surface area (Å²) in [5.74, 6) is 0.773. The molecule has 0 amide bonds. The fourth-order valence-electron chi connectivity index (χ4n) is 2.66. The van der Waals surface area contributed by atoms with Crippen molar-refractivity contribution >= 4 is 24.8 Å². The third-order valence-electron chi connectivity index (χ3n) is 4.01. The van der Waals surface area contributed by atoms with Crippen molar-refractivity contribution in [1.29, 1.82) is 5.26 Å². The van der Waals surface area contributed by atoms with Gasteiger partial charge in [-0.05, 0) is 29.2 Å². The third-order valence-corrected chi connectivity index (χ3v) is 4.01. The molecule has 26 heavy (non-hydrogen) atoms. The smallest absolute Gasteiger partial charge is 0.150 e. The molecule has 4 rings (SSSR count). The number of anilines is 1. The van der Waals surface area contributed by atoms with E-state index in [1.165, 1.54) is 0 Å². The SMILES string of the molecule is [B]c1cnn2c(NCc3cccnc3)cc(-c3ccc(C#N)cc3)nc12. The lowest BCUT2D eigenvalue weighted by Gasteiger charge is -2.11. The first kappa shape index (κ1) is 15.8. The van der Waals surface area contributed by atoms with Gasteiger partial charge in [-0.2, -0.15) is 14.9 Å². The standard InChI is InChI=1S/C19H13BN6/c20-16-12-24-26-18(23-11-14-2-1-7-22-10-14)8-17(25-19(16)26)15-5-3-13(9-21)4-6-15/h1-8,10,12,23H,11H2. The Kier molecular flexibility index (Phi) is 4.08. The third kappa shape index (κ3) is 3.00. The van der Waals surface area contributed by atoms with Gasteiger partial charge >= 0.3 is 0 Å². The van der Waals surface area contributed by atoms with Gasteiger partial charge in [0.1, 0.15) is 13.7 Å². The largest absolute Gasteiger partial charge is 0.366 e. The lowest BCUT2D eigenvalue weighted by atomic mass is 10.0. The van der Waals surface area contributed by atoms with E-state index in [0.29, 0.717) is 23.2 Å². The molecule has 0 aliphatic carbocycles. The van der Waals surface area contributed by atoms with Crippen molar-refractivity contribution in [3.05, 3.63) is 72.2 Å². The van der Waals surface area contributed by atoms with E-state index in [0.717, 1.165) is 22.6 Å². The Hall–Kier alpha value is -3.66. The molecule has 0 saturated carbocycles. The zero-order valence-corrected chi connectivity index (χ0v) is 13.8. The van der Waals surface area contributed by atoms with E-state index in [1.807, 2.05) is 36.5 Å². The maximum Gasteiger partial charge on any atom is 0.150 e. The number of hydrogen-bond donors (Lipinski definition) is 1. The fourth-order valence-corrected chi connectivity index (χ4v) is 2.66. The van der Waals surface area contributed by atoms with Gasteiger partial charge in [0.25, 0.3) is 0 Å². The number of fused-ring (bicyclic) bond motifs is 1. The number of nitriles is 1. The van der Waals surface area contributed by atoms with Crippen LogP contribution >= 0.6 is 0 Å². The molecule has 0 saturated heterocycles. The van der Waals surface area contributed by atoms with Crippen molar-refractivity contribution in [3.63, 3.8) is 0 Å². The van der Waals surface area contributed by atoms with Crippen molar-refractivity contribution in [2.75, 3.05) is 5.32 Å². The van der Waals surface area contributed by atoms with E-state index in [2.05, 4.69) is 26.5 Å². The predicted octanol–water partition coefficient (Wildman–Crippen LogP) is 2.07. The summed E-state index contributed by atoms with van der Waals surface area (Å²) >= 11 is 0. The van der Waals surface area contributed by atoms with Crippen LogP contribution in [0.4, 0.5) is 5.82 Å². The van der Waals surface area contributed by atoms with Crippen LogP contribution in [0.15, 0.2) is 61.1 Å². The number of nitrogens with one attached hydrogen (secondary N) is 1. The van der Waals surface area contributed by atoms with Crippen LogP contribution in [0.25, 0.3) is 16.9 Å². The Morgan fingerprint density at radius 2 is 2.00 bits per heavy atom. The zero-order chi connectivity index (χ0) is 17.9. The van der Waals surface area contributed by atoms with E-state index in [1.54, 1.807) is 29.0 Å². The summed E-state index contributed by atoms with van der Waals surface area (Å²) in [7, 11) is 6.02. The fraction of sp³-hybridized carbons (Fsp3) is 0.0526. The summed E-state index contributed by atoms with van der Waals surface area (Å²) in [4.78, 5) is 8.74. The summed E-state index contributed by atoms with van der Waals surface area (Å²) in [5, 5.41) is 16.6. The van der Waals surface area contributed by atoms with E-state index in [-0.39, 0.29) is 0 Å². The van der Waals surface area contributed by atoms with Gasteiger partial charge in [0.15, 0.2) is 5.65 Å². The van der Waals surface area contributed by atoms with Gasteiger partial charge in [-0.25, -0.2) is 4.98 Å². The summed E-state index contributed by atoms with van der Waals surface area (Å²) in [6, 6.07) is 15.2. The second kappa shape index (κ2) is 6.69. The van der Waals surface area contributed by atoms with Crippen molar-refractivity contribution in [3.8, 4) is 17.3 Å². The molecule has 3 aromatic heterocycles. The Bertz CT molecular complexity index is 1100. The van der Waals surface area contributed by atoms with Crippen LogP contribution in [0, 0.1) is 11.3 Å². The van der Waals surface area contributed by atoms with Gasteiger partial charge < -0.3 is 5.32 Å². The molecule has 3 heterocycles. The topological polar surface area (TPSA) is 78.9 Å². The number of aromatic nitrogens is 4. The molecule has 0 bridgehead atoms. The molecule has 0 aliphatic heterocycles. The van der Waals surface area contributed by atoms with Crippen LogP contribution in [0.2, 0.25) is 0 Å². The van der Waals surface area contributed by atoms with Crippen molar-refractivity contribution in [1.82, 2.24) is 19.6 Å². The molecular weight excluding hydrogens is 323 g/mol. The number of benzene rings is 1. The minimum atomic E-state index is 0.505. The number of pyridine rings is 1. The van der Waals surface area contributed by atoms with Gasteiger partial charge in [-0.3, -0.25) is 4.98 Å². The van der Waals surface area contributed by atoms with Crippen LogP contribution in [-0.4, -0.2) is 27.4 Å². The van der Waals surface area contributed by atoms with Gasteiger partial charge in [-0.1, -0.05) is 18.2 Å². The van der Waals surface area contributed by atoms with E-state index in [9.17, 15) is 0 Å². The second-order valence-corrected chi connectivity index (χ2v) is 5.77. The highest BCUT2D eigenvalue weighted by molar-refractivity contribution is 6.36. The van der Waals surface area contributed by atoms with Gasteiger partial charge in [0, 0.05) is 36.8 Å². The van der Waals surface area contributed by atoms with Crippen LogP contribution in [0.3, 0.4) is 0 Å². The first-order valence-corrected chi connectivity index (χ1v) is 8.02. The van der Waals surface area contributed by atoms with Crippen LogP contribution in [-0.2, 0) is 6.54 Å². The second-order valence-electron chi connectivity index (χ2n) is 5.77. The van der Waals surface area contributed by atoms with E-state index in [4.69, 9.17) is 13.1 Å². The Balaban J connectivity index is 1.74. The molecule has 0 unspecified atom stereocenters. The molecular formula is C19H13BN6. The first-order chi connectivity index (χ1) is 12.7. The van der Waals surface area contributed by atoms with Crippen LogP contribution in [0.5, 0.6) is 0 Å². The molecule has 7 heteroatoms. The van der Waals surface area contributed by atoms with Gasteiger partial charge in [0.2, 0.25) is 0 Å². The molecule has 0 spiro atoms. The van der Waals surface area contributed by atoms with Crippen LogP contribution in [0.1, 0.15) is 11.1 Å².